The highest BCUT2D eigenvalue weighted by Gasteiger charge is 2.34. The number of hydrogen-bond donors (Lipinski definition) is 3. The average Bonchev–Trinajstić information content (AvgIpc) is 3.59. The largest absolute Gasteiger partial charge is 0.386 e. The smallest absolute Gasteiger partial charge is 0.159 e. The summed E-state index contributed by atoms with van der Waals surface area (Å²) in [5, 5.41) is 37.7. The highest BCUT2D eigenvalue weighted by molar-refractivity contribution is 5.62. The summed E-state index contributed by atoms with van der Waals surface area (Å²) >= 11 is 0. The van der Waals surface area contributed by atoms with Crippen LogP contribution >= 0.6 is 0 Å². The quantitative estimate of drug-likeness (QED) is 0.119. The summed E-state index contributed by atoms with van der Waals surface area (Å²) in [6.45, 7) is 25.0. The maximum atomic E-state index is 10.3. The second kappa shape index (κ2) is 17.8. The average molecular weight is 829 g/mol. The van der Waals surface area contributed by atoms with Crippen LogP contribution in [0.4, 0.5) is 5.82 Å². The Hall–Kier alpha value is -5.96. The predicted molar refractivity (Wildman–Crippen MR) is 254 cm³/mol. The van der Waals surface area contributed by atoms with Crippen molar-refractivity contribution in [3.05, 3.63) is 178 Å². The van der Waals surface area contributed by atoms with Crippen LogP contribution in [0, 0.1) is 25.7 Å². The maximum Gasteiger partial charge on any atom is 0.159 e. The van der Waals surface area contributed by atoms with Crippen molar-refractivity contribution in [3.8, 4) is 28.3 Å². The molecule has 3 heterocycles. The molecule has 0 bridgehead atoms. The van der Waals surface area contributed by atoms with Crippen LogP contribution in [0.2, 0.25) is 0 Å². The molecule has 7 rings (SSSR count). The second-order valence-electron chi connectivity index (χ2n) is 18.7. The van der Waals surface area contributed by atoms with Gasteiger partial charge in [0.1, 0.15) is 5.82 Å². The van der Waals surface area contributed by atoms with Gasteiger partial charge in [-0.3, -0.25) is 0 Å². The Labute approximate surface area is 369 Å². The van der Waals surface area contributed by atoms with Gasteiger partial charge in [0.15, 0.2) is 5.82 Å². The molecular weight excluding hydrogens is 765 g/mol. The Bertz CT molecular complexity index is 2530. The van der Waals surface area contributed by atoms with Crippen molar-refractivity contribution in [2.75, 3.05) is 5.73 Å². The molecule has 0 fully saturated rings. The number of anilines is 1. The number of nitrogen functional groups attached to an aromatic ring is 1. The fourth-order valence-corrected chi connectivity index (χ4v) is 8.21. The fraction of sp³-hybridized carbons (Fsp3) is 0.333. The van der Waals surface area contributed by atoms with Gasteiger partial charge < -0.3 is 20.5 Å². The molecule has 2 unspecified atom stereocenters. The van der Waals surface area contributed by atoms with E-state index in [0.717, 1.165) is 50.8 Å². The number of benzene rings is 4. The second-order valence-corrected chi connectivity index (χ2v) is 18.7. The third-order valence-electron chi connectivity index (χ3n) is 13.1. The molecule has 7 aromatic rings. The number of aryl methyl sites for hydroxylation is 2. The molecule has 0 aliphatic carbocycles. The lowest BCUT2D eigenvalue weighted by atomic mass is 9.68. The van der Waals surface area contributed by atoms with Gasteiger partial charge in [-0.15, -0.1) is 20.4 Å². The molecule has 322 valence electrons. The van der Waals surface area contributed by atoms with Crippen molar-refractivity contribution in [1.82, 2.24) is 25.0 Å². The predicted octanol–water partition coefficient (Wildman–Crippen LogP) is 11.7. The zero-order valence-electron chi connectivity index (χ0n) is 38.6. The zero-order valence-corrected chi connectivity index (χ0v) is 38.6. The van der Waals surface area contributed by atoms with E-state index >= 15 is 0 Å². The fourth-order valence-electron chi connectivity index (χ4n) is 8.21. The molecule has 8 nitrogen and oxygen atoms in total. The van der Waals surface area contributed by atoms with Crippen LogP contribution in [0.3, 0.4) is 0 Å². The van der Waals surface area contributed by atoms with E-state index in [1.54, 1.807) is 6.07 Å². The molecule has 0 saturated heterocycles. The summed E-state index contributed by atoms with van der Waals surface area (Å²) in [6, 6.07) is 45.7. The lowest BCUT2D eigenvalue weighted by Crippen LogP contribution is -2.30. The summed E-state index contributed by atoms with van der Waals surface area (Å²) < 4.78 is 2.11. The number of aromatic nitrogens is 5. The molecule has 8 heteroatoms. The first-order valence-electron chi connectivity index (χ1n) is 21.6. The summed E-state index contributed by atoms with van der Waals surface area (Å²) in [4.78, 5) is 0. The summed E-state index contributed by atoms with van der Waals surface area (Å²) in [6.07, 6.45) is 0. The molecule has 0 aliphatic rings. The van der Waals surface area contributed by atoms with Gasteiger partial charge in [-0.2, -0.15) is 0 Å². The molecule has 0 amide bonds. The SMILES string of the molecule is CC(C)C(C)(c1ccc(-c2ccc(N)nn2)cc1)c1ccc(C(C)(C)O)cc1.Cc1ccc(C)n1-c1ccc(-c2ccc(C(C)(c3ccc(C(C)(C)O)cc3)C(C)C)cc2)nn1. The van der Waals surface area contributed by atoms with Gasteiger partial charge in [-0.05, 0) is 123 Å². The Morgan fingerprint density at radius 1 is 0.419 bits per heavy atom. The normalized spacial score (nSPS) is 13.9. The van der Waals surface area contributed by atoms with Crippen LogP contribution in [0.5, 0.6) is 0 Å². The minimum absolute atomic E-state index is 0.149. The van der Waals surface area contributed by atoms with Gasteiger partial charge >= 0.3 is 0 Å². The van der Waals surface area contributed by atoms with Crippen molar-refractivity contribution < 1.29 is 10.2 Å². The van der Waals surface area contributed by atoms with Crippen LogP contribution in [-0.4, -0.2) is 35.2 Å². The summed E-state index contributed by atoms with van der Waals surface area (Å²) in [5.41, 5.74) is 16.5. The van der Waals surface area contributed by atoms with Gasteiger partial charge in [0.2, 0.25) is 0 Å². The molecular formula is C54H64N6O2. The first kappa shape index (κ1) is 45.6. The van der Waals surface area contributed by atoms with Crippen LogP contribution in [0.15, 0.2) is 133 Å². The van der Waals surface area contributed by atoms with E-state index in [4.69, 9.17) is 5.73 Å². The number of aliphatic hydroxyl groups is 2. The molecule has 4 aromatic carbocycles. The third kappa shape index (κ3) is 9.42. The summed E-state index contributed by atoms with van der Waals surface area (Å²) in [7, 11) is 0. The lowest BCUT2D eigenvalue weighted by Gasteiger charge is -2.36. The van der Waals surface area contributed by atoms with Gasteiger partial charge in [0, 0.05) is 33.3 Å². The van der Waals surface area contributed by atoms with Crippen LogP contribution in [-0.2, 0) is 22.0 Å². The van der Waals surface area contributed by atoms with Crippen LogP contribution in [0.1, 0.15) is 114 Å². The maximum absolute atomic E-state index is 10.3. The molecule has 0 spiro atoms. The zero-order chi connectivity index (χ0) is 45.2. The van der Waals surface area contributed by atoms with E-state index < -0.39 is 11.2 Å². The van der Waals surface area contributed by atoms with Crippen molar-refractivity contribution in [2.24, 2.45) is 11.8 Å². The number of rotatable bonds is 11. The van der Waals surface area contributed by atoms with Gasteiger partial charge in [-0.25, -0.2) is 0 Å². The molecule has 4 N–H and O–H groups in total. The van der Waals surface area contributed by atoms with Gasteiger partial charge in [-0.1, -0.05) is 139 Å². The highest BCUT2D eigenvalue weighted by atomic mass is 16.3. The van der Waals surface area contributed by atoms with Crippen LogP contribution in [0.25, 0.3) is 28.3 Å². The van der Waals surface area contributed by atoms with E-state index in [1.165, 1.54) is 22.3 Å². The van der Waals surface area contributed by atoms with E-state index in [0.29, 0.717) is 17.7 Å². The third-order valence-corrected chi connectivity index (χ3v) is 13.1. The van der Waals surface area contributed by atoms with Gasteiger partial charge in [0.25, 0.3) is 0 Å². The van der Waals surface area contributed by atoms with Gasteiger partial charge in [0.05, 0.1) is 22.6 Å². The monoisotopic (exact) mass is 829 g/mol. The van der Waals surface area contributed by atoms with E-state index in [2.05, 4.69) is 165 Å². The van der Waals surface area contributed by atoms with Crippen LogP contribution < -0.4 is 5.73 Å². The lowest BCUT2D eigenvalue weighted by molar-refractivity contribution is 0.0780. The minimum atomic E-state index is -0.844. The number of nitrogens with two attached hydrogens (primary N) is 1. The molecule has 62 heavy (non-hydrogen) atoms. The molecule has 0 aliphatic heterocycles. The minimum Gasteiger partial charge on any atom is -0.386 e. The molecule has 0 radical (unpaired) electrons. The Balaban J connectivity index is 0.000000211. The van der Waals surface area contributed by atoms with E-state index in [-0.39, 0.29) is 10.8 Å². The Morgan fingerprint density at radius 2 is 0.742 bits per heavy atom. The standard InChI is InChI=1S/C30H35N3O.C24H29N3O/c1-20(2)30(7,26-16-14-24(15-17-26)29(5,6)34)25-12-10-23(11-13-25)27-18-19-28(32-31-27)33-21(3)8-9-22(33)4;1-16(2)24(5,20-12-10-18(11-13-20)23(3,4)28)19-8-6-17(7-9-19)21-14-15-22(25)27-26-21/h8-20,34H,1-7H3;6-16,28H,1-5H3,(H2,25,27). The van der Waals surface area contributed by atoms with Crippen molar-refractivity contribution in [1.29, 1.82) is 0 Å². The molecule has 3 aromatic heterocycles. The highest BCUT2D eigenvalue weighted by Crippen LogP contribution is 2.42. The first-order valence-corrected chi connectivity index (χ1v) is 21.6. The summed E-state index contributed by atoms with van der Waals surface area (Å²) in [5.74, 6) is 2.03. The molecule has 0 saturated carbocycles. The van der Waals surface area contributed by atoms with E-state index in [1.807, 2.05) is 70.2 Å². The number of hydrogen-bond acceptors (Lipinski definition) is 7. The van der Waals surface area contributed by atoms with Crippen molar-refractivity contribution in [3.63, 3.8) is 0 Å². The van der Waals surface area contributed by atoms with Crippen molar-refractivity contribution >= 4 is 5.82 Å². The number of nitrogens with zero attached hydrogens (tertiary/aromatic N) is 5. The van der Waals surface area contributed by atoms with E-state index in [9.17, 15) is 10.2 Å². The first-order chi connectivity index (χ1) is 29.1. The Morgan fingerprint density at radius 3 is 1.03 bits per heavy atom. The molecule has 2 atom stereocenters. The Kier molecular flexibility index (Phi) is 13.1. The topological polar surface area (TPSA) is 123 Å². The van der Waals surface area contributed by atoms with Crippen molar-refractivity contribution in [2.45, 2.75) is 105 Å².